The highest BCUT2D eigenvalue weighted by Gasteiger charge is 2.34. The Hall–Kier alpha value is -4.26. The van der Waals surface area contributed by atoms with E-state index >= 15 is 0 Å². The number of carbonyl (C=O) groups is 1. The van der Waals surface area contributed by atoms with Crippen molar-refractivity contribution in [1.29, 1.82) is 0 Å². The largest absolute Gasteiger partial charge is 0.497 e. The second-order valence-corrected chi connectivity index (χ2v) is 7.65. The zero-order chi connectivity index (χ0) is 22.8. The summed E-state index contributed by atoms with van der Waals surface area (Å²) in [5, 5.41) is 6.33. The first-order chi connectivity index (χ1) is 16.2. The fourth-order valence-corrected chi connectivity index (χ4v) is 4.06. The van der Waals surface area contributed by atoms with Gasteiger partial charge in [-0.2, -0.15) is 5.10 Å². The van der Waals surface area contributed by atoms with E-state index in [9.17, 15) is 4.79 Å². The van der Waals surface area contributed by atoms with E-state index < -0.39 is 0 Å². The highest BCUT2D eigenvalue weighted by molar-refractivity contribution is 6.06. The van der Waals surface area contributed by atoms with Crippen LogP contribution in [0.25, 0.3) is 11.0 Å². The molecular formula is C26H22N4O3. The van der Waals surface area contributed by atoms with Crippen LogP contribution in [-0.4, -0.2) is 40.8 Å². The number of methoxy groups -OCH3 is 2. The van der Waals surface area contributed by atoms with Crippen molar-refractivity contribution < 1.29 is 14.3 Å². The van der Waals surface area contributed by atoms with Gasteiger partial charge in [-0.1, -0.05) is 18.2 Å². The van der Waals surface area contributed by atoms with Crippen LogP contribution in [0.2, 0.25) is 0 Å². The zero-order valence-corrected chi connectivity index (χ0v) is 18.3. The standard InChI is InChI=1S/C26H22N4O3/c1-32-19-10-7-17(8-11-19)26(31)30-24(18-9-12-21-23(15-18)28-14-13-27-21)16-22(29-30)20-5-3-4-6-25(20)33-2/h3-15,24H,16H2,1-2H3/t24-/m0/s1. The molecular weight excluding hydrogens is 416 g/mol. The Bertz CT molecular complexity index is 1350. The fraction of sp³-hybridized carbons (Fsp3) is 0.154. The van der Waals surface area contributed by atoms with Crippen LogP contribution in [0.4, 0.5) is 0 Å². The first-order valence-corrected chi connectivity index (χ1v) is 10.6. The van der Waals surface area contributed by atoms with Gasteiger partial charge >= 0.3 is 0 Å². The molecule has 4 aromatic rings. The lowest BCUT2D eigenvalue weighted by Gasteiger charge is -2.22. The summed E-state index contributed by atoms with van der Waals surface area (Å²) in [6.45, 7) is 0. The molecule has 3 aromatic carbocycles. The van der Waals surface area contributed by atoms with E-state index in [1.165, 1.54) is 0 Å². The molecule has 7 heteroatoms. The molecule has 7 nitrogen and oxygen atoms in total. The van der Waals surface area contributed by atoms with Crippen molar-refractivity contribution in [3.05, 3.63) is 95.8 Å². The molecule has 1 aromatic heterocycles. The third-order valence-electron chi connectivity index (χ3n) is 5.75. The van der Waals surface area contributed by atoms with Crippen LogP contribution in [0, 0.1) is 0 Å². The predicted octanol–water partition coefficient (Wildman–Crippen LogP) is 4.64. The molecule has 0 radical (unpaired) electrons. The molecule has 0 bridgehead atoms. The maximum Gasteiger partial charge on any atom is 0.274 e. The average molecular weight is 438 g/mol. The summed E-state index contributed by atoms with van der Waals surface area (Å²) >= 11 is 0. The van der Waals surface area contributed by atoms with Crippen molar-refractivity contribution in [1.82, 2.24) is 15.0 Å². The van der Waals surface area contributed by atoms with Gasteiger partial charge < -0.3 is 9.47 Å². The van der Waals surface area contributed by atoms with Crippen molar-refractivity contribution in [2.24, 2.45) is 5.10 Å². The van der Waals surface area contributed by atoms with Crippen molar-refractivity contribution in [2.75, 3.05) is 14.2 Å². The minimum absolute atomic E-state index is 0.188. The van der Waals surface area contributed by atoms with E-state index in [1.807, 2.05) is 42.5 Å². The highest BCUT2D eigenvalue weighted by atomic mass is 16.5. The SMILES string of the molecule is COc1ccc(C(=O)N2N=C(c3ccccc3OC)C[C@H]2c2ccc3nccnc3c2)cc1. The van der Waals surface area contributed by atoms with Crippen molar-refractivity contribution in [3.8, 4) is 11.5 Å². The molecule has 0 saturated heterocycles. The molecule has 1 aliphatic heterocycles. The maximum atomic E-state index is 13.5. The molecule has 0 unspecified atom stereocenters. The Kier molecular flexibility index (Phi) is 5.44. The minimum Gasteiger partial charge on any atom is -0.497 e. The van der Waals surface area contributed by atoms with E-state index in [-0.39, 0.29) is 11.9 Å². The Balaban J connectivity index is 1.57. The third kappa shape index (κ3) is 3.89. The van der Waals surface area contributed by atoms with Gasteiger partial charge in [-0.3, -0.25) is 14.8 Å². The smallest absolute Gasteiger partial charge is 0.274 e. The zero-order valence-electron chi connectivity index (χ0n) is 18.3. The summed E-state index contributed by atoms with van der Waals surface area (Å²) in [6.07, 6.45) is 3.88. The quantitative estimate of drug-likeness (QED) is 0.454. The molecule has 0 aliphatic carbocycles. The number of rotatable bonds is 5. The number of benzene rings is 3. The van der Waals surface area contributed by atoms with Crippen LogP contribution in [0.15, 0.2) is 84.2 Å². The molecule has 5 rings (SSSR count). The maximum absolute atomic E-state index is 13.5. The Morgan fingerprint density at radius 1 is 0.909 bits per heavy atom. The Morgan fingerprint density at radius 3 is 2.42 bits per heavy atom. The Labute approximate surface area is 191 Å². The lowest BCUT2D eigenvalue weighted by molar-refractivity contribution is 0.0711. The number of hydrazone groups is 1. The van der Waals surface area contributed by atoms with E-state index in [0.717, 1.165) is 33.6 Å². The molecule has 2 heterocycles. The second kappa shape index (κ2) is 8.70. The Morgan fingerprint density at radius 2 is 1.67 bits per heavy atom. The summed E-state index contributed by atoms with van der Waals surface area (Å²) in [5.74, 6) is 1.22. The summed E-state index contributed by atoms with van der Waals surface area (Å²) < 4.78 is 10.8. The van der Waals surface area contributed by atoms with E-state index in [1.54, 1.807) is 55.9 Å². The predicted molar refractivity (Wildman–Crippen MR) is 126 cm³/mol. The lowest BCUT2D eigenvalue weighted by Crippen LogP contribution is -2.27. The van der Waals surface area contributed by atoms with E-state index in [4.69, 9.17) is 14.6 Å². The van der Waals surface area contributed by atoms with Crippen LogP contribution in [0.3, 0.4) is 0 Å². The summed E-state index contributed by atoms with van der Waals surface area (Å²) in [7, 11) is 3.23. The molecule has 1 amide bonds. The molecule has 0 fully saturated rings. The van der Waals surface area contributed by atoms with Gasteiger partial charge in [0.15, 0.2) is 0 Å². The van der Waals surface area contributed by atoms with Crippen LogP contribution in [-0.2, 0) is 0 Å². The first kappa shape index (κ1) is 20.6. The number of hydrogen-bond acceptors (Lipinski definition) is 6. The lowest BCUT2D eigenvalue weighted by atomic mass is 9.97. The summed E-state index contributed by atoms with van der Waals surface area (Å²) in [4.78, 5) is 22.3. The van der Waals surface area contributed by atoms with Crippen LogP contribution in [0.5, 0.6) is 11.5 Å². The monoisotopic (exact) mass is 438 g/mol. The van der Waals surface area contributed by atoms with Crippen molar-refractivity contribution in [2.45, 2.75) is 12.5 Å². The van der Waals surface area contributed by atoms with Crippen LogP contribution in [0.1, 0.15) is 33.9 Å². The number of amides is 1. The highest BCUT2D eigenvalue weighted by Crippen LogP contribution is 2.36. The van der Waals surface area contributed by atoms with Gasteiger partial charge in [0.1, 0.15) is 11.5 Å². The molecule has 1 aliphatic rings. The number of carbonyl (C=O) groups excluding carboxylic acids is 1. The number of aromatic nitrogens is 2. The van der Waals surface area contributed by atoms with Gasteiger partial charge in [-0.15, -0.1) is 0 Å². The molecule has 1 atom stereocenters. The van der Waals surface area contributed by atoms with Crippen molar-refractivity contribution >= 4 is 22.7 Å². The topological polar surface area (TPSA) is 76.9 Å². The summed E-state index contributed by atoms with van der Waals surface area (Å²) in [6, 6.07) is 20.4. The van der Waals surface area contributed by atoms with Crippen LogP contribution >= 0.6 is 0 Å². The van der Waals surface area contributed by atoms with Crippen LogP contribution < -0.4 is 9.47 Å². The first-order valence-electron chi connectivity index (χ1n) is 10.6. The molecule has 0 N–H and O–H groups in total. The van der Waals surface area contributed by atoms with Gasteiger partial charge in [0, 0.05) is 29.9 Å². The number of para-hydroxylation sites is 1. The number of fused-ring (bicyclic) bond motifs is 1. The molecule has 164 valence electrons. The molecule has 0 spiro atoms. The third-order valence-corrected chi connectivity index (χ3v) is 5.75. The fourth-order valence-electron chi connectivity index (χ4n) is 4.06. The van der Waals surface area contributed by atoms with E-state index in [0.29, 0.717) is 17.7 Å². The van der Waals surface area contributed by atoms with Gasteiger partial charge in [0.05, 0.1) is 37.0 Å². The molecule has 33 heavy (non-hydrogen) atoms. The minimum atomic E-state index is -0.286. The summed E-state index contributed by atoms with van der Waals surface area (Å²) in [5.41, 5.74) is 4.72. The van der Waals surface area contributed by atoms with Crippen molar-refractivity contribution in [3.63, 3.8) is 0 Å². The van der Waals surface area contributed by atoms with Gasteiger partial charge in [-0.25, -0.2) is 5.01 Å². The van der Waals surface area contributed by atoms with Gasteiger partial charge in [0.2, 0.25) is 0 Å². The average Bonchev–Trinajstić information content (AvgIpc) is 3.33. The number of nitrogens with zero attached hydrogens (tertiary/aromatic N) is 4. The van der Waals surface area contributed by atoms with Gasteiger partial charge in [-0.05, 0) is 54.1 Å². The van der Waals surface area contributed by atoms with Gasteiger partial charge in [0.25, 0.3) is 5.91 Å². The number of ether oxygens (including phenoxy) is 2. The van der Waals surface area contributed by atoms with E-state index in [2.05, 4.69) is 9.97 Å². The normalized spacial score (nSPS) is 15.4. The second-order valence-electron chi connectivity index (χ2n) is 7.65. The number of hydrogen-bond donors (Lipinski definition) is 0. The molecule has 0 saturated carbocycles.